The van der Waals surface area contributed by atoms with Crippen molar-refractivity contribution in [1.29, 1.82) is 0 Å². The minimum atomic E-state index is -0.0540. The molecule has 0 unspecified atom stereocenters. The van der Waals surface area contributed by atoms with E-state index in [9.17, 15) is 0 Å². The Morgan fingerprint density at radius 3 is 1.94 bits per heavy atom. The smallest absolute Gasteiger partial charge is 0.268 e. The maximum absolute atomic E-state index is 6.65. The van der Waals surface area contributed by atoms with Crippen LogP contribution < -0.4 is 9.30 Å². The van der Waals surface area contributed by atoms with E-state index in [1.165, 1.54) is 11.1 Å². The zero-order chi connectivity index (χ0) is 42.3. The molecule has 11 aromatic rings. The van der Waals surface area contributed by atoms with Crippen molar-refractivity contribution in [3.05, 3.63) is 236 Å². The maximum Gasteiger partial charge on any atom is 0.268 e. The first kappa shape index (κ1) is 40.7. The Kier molecular flexibility index (Phi) is 10.9. The van der Waals surface area contributed by atoms with Crippen LogP contribution in [0.25, 0.3) is 72.3 Å². The Hall–Kier alpha value is -7.33. The number of pyridine rings is 1. The van der Waals surface area contributed by atoms with E-state index in [0.717, 1.165) is 78.7 Å². The van der Waals surface area contributed by atoms with E-state index in [1.807, 2.05) is 30.5 Å². The van der Waals surface area contributed by atoms with E-state index in [-0.39, 0.29) is 26.5 Å². The molecule has 0 saturated heterocycles. The van der Waals surface area contributed by atoms with Gasteiger partial charge in [-0.25, -0.2) is 4.98 Å². The molecule has 11 rings (SSSR count). The summed E-state index contributed by atoms with van der Waals surface area (Å²) in [5.41, 5.74) is 12.8. The summed E-state index contributed by atoms with van der Waals surface area (Å²) in [4.78, 5) is 4.93. The number of benzene rings is 8. The quantitative estimate of drug-likeness (QED) is 0.101. The molecule has 0 atom stereocenters. The van der Waals surface area contributed by atoms with Crippen LogP contribution in [0.2, 0.25) is 0 Å². The number of aromatic nitrogens is 4. The zero-order valence-corrected chi connectivity index (χ0v) is 37.6. The Bertz CT molecular complexity index is 3370. The SMILES string of the molecule is CC(C)(Cc1ccnc(-n2c3[c-]c(Oc4[c-]c(-n5[c-][n+](-c6c(-c7ccccc7)cccc6-c6ccccc6)c6ccccc65)ccc4)ccc3c3ccccc32)c1)c1ccccc1.[Pt]. The van der Waals surface area contributed by atoms with Gasteiger partial charge in [0.05, 0.1) is 16.7 Å². The van der Waals surface area contributed by atoms with Crippen molar-refractivity contribution in [3.63, 3.8) is 0 Å². The Morgan fingerprint density at radius 2 is 1.20 bits per heavy atom. The van der Waals surface area contributed by atoms with Crippen LogP contribution in [-0.2, 0) is 32.9 Å². The summed E-state index contributed by atoms with van der Waals surface area (Å²) in [6.45, 7) is 4.60. The van der Waals surface area contributed by atoms with Gasteiger partial charge in [0.1, 0.15) is 5.82 Å². The second kappa shape index (κ2) is 17.1. The van der Waals surface area contributed by atoms with Crippen molar-refractivity contribution in [3.8, 4) is 50.9 Å². The maximum atomic E-state index is 6.65. The van der Waals surface area contributed by atoms with Crippen molar-refractivity contribution in [2.45, 2.75) is 25.7 Å². The molecule has 0 radical (unpaired) electrons. The van der Waals surface area contributed by atoms with Crippen molar-refractivity contribution >= 4 is 32.8 Å². The summed E-state index contributed by atoms with van der Waals surface area (Å²) >= 11 is 0. The molecule has 5 nitrogen and oxygen atoms in total. The summed E-state index contributed by atoms with van der Waals surface area (Å²) in [7, 11) is 0. The van der Waals surface area contributed by atoms with Gasteiger partial charge in [-0.1, -0.05) is 171 Å². The van der Waals surface area contributed by atoms with Crippen molar-refractivity contribution in [2.24, 2.45) is 0 Å². The van der Waals surface area contributed by atoms with E-state index in [0.29, 0.717) is 11.5 Å². The average molecular weight is 1010 g/mol. The van der Waals surface area contributed by atoms with Crippen molar-refractivity contribution < 1.29 is 30.4 Å². The molecule has 0 N–H and O–H groups in total. The normalized spacial score (nSPS) is 11.5. The minimum absolute atomic E-state index is 0. The molecule has 312 valence electrons. The van der Waals surface area contributed by atoms with E-state index >= 15 is 0 Å². The standard InChI is InChI=1S/C58H42N4O.Pt/c1-58(2,44-22-10-5-11-23-44)39-41-34-35-59-56(36-41)62-52-29-13-12-26-50(52)51-33-32-47(38-55(51)62)63-46-25-16-24-45(37-46)60-40-61(54-31-15-14-30-53(54)60)57-48(42-18-6-3-7-19-42)27-17-28-49(57)43-20-8-4-9-21-43;/h3-36H,39H2,1-2H3;/q-2;. The van der Waals surface area contributed by atoms with Crippen molar-refractivity contribution in [1.82, 2.24) is 14.1 Å². The van der Waals surface area contributed by atoms with Crippen molar-refractivity contribution in [2.75, 3.05) is 0 Å². The van der Waals surface area contributed by atoms with Gasteiger partial charge in [-0.15, -0.1) is 29.7 Å². The fourth-order valence-electron chi connectivity index (χ4n) is 9.00. The first-order chi connectivity index (χ1) is 31.0. The van der Waals surface area contributed by atoms with Gasteiger partial charge in [-0.2, -0.15) is 18.2 Å². The van der Waals surface area contributed by atoms with E-state index in [2.05, 4.69) is 222 Å². The van der Waals surface area contributed by atoms with Gasteiger partial charge in [-0.3, -0.25) is 4.57 Å². The molecule has 64 heavy (non-hydrogen) atoms. The van der Waals surface area contributed by atoms with Crippen LogP contribution >= 0.6 is 0 Å². The number of nitrogens with zero attached hydrogens (tertiary/aromatic N) is 4. The molecule has 0 aliphatic rings. The number of rotatable bonds is 10. The number of imidazole rings is 1. The van der Waals surface area contributed by atoms with Crippen LogP contribution in [0.3, 0.4) is 0 Å². The third-order valence-corrected chi connectivity index (χ3v) is 12.0. The molecule has 3 aromatic heterocycles. The van der Waals surface area contributed by atoms with Gasteiger partial charge >= 0.3 is 0 Å². The second-order valence-corrected chi connectivity index (χ2v) is 16.6. The molecule has 0 spiro atoms. The topological polar surface area (TPSA) is 35.9 Å². The van der Waals surface area contributed by atoms with E-state index < -0.39 is 0 Å². The molecule has 0 aliphatic heterocycles. The Labute approximate surface area is 387 Å². The van der Waals surface area contributed by atoms with Gasteiger partial charge in [0.15, 0.2) is 0 Å². The minimum Gasteiger partial charge on any atom is -0.510 e. The molecule has 0 saturated carbocycles. The molecule has 0 bridgehead atoms. The fourth-order valence-corrected chi connectivity index (χ4v) is 9.00. The molecular weight excluding hydrogens is 964 g/mol. The van der Waals surface area contributed by atoms with Gasteiger partial charge < -0.3 is 13.9 Å². The number of hydrogen-bond acceptors (Lipinski definition) is 2. The zero-order valence-electron chi connectivity index (χ0n) is 35.4. The summed E-state index contributed by atoms with van der Waals surface area (Å²) in [5, 5.41) is 2.21. The number of fused-ring (bicyclic) bond motifs is 4. The summed E-state index contributed by atoms with van der Waals surface area (Å²) in [6.07, 6.45) is 6.54. The van der Waals surface area contributed by atoms with Gasteiger partial charge in [0.2, 0.25) is 0 Å². The Morgan fingerprint density at radius 1 is 0.578 bits per heavy atom. The van der Waals surface area contributed by atoms with Gasteiger partial charge in [0, 0.05) is 44.3 Å². The predicted molar refractivity (Wildman–Crippen MR) is 254 cm³/mol. The molecule has 0 aliphatic carbocycles. The van der Waals surface area contributed by atoms with Crippen LogP contribution in [-0.4, -0.2) is 14.1 Å². The summed E-state index contributed by atoms with van der Waals surface area (Å²) in [5.74, 6) is 2.00. The van der Waals surface area contributed by atoms with Crippen LogP contribution in [0.4, 0.5) is 0 Å². The summed E-state index contributed by atoms with van der Waals surface area (Å²) < 4.78 is 13.1. The second-order valence-electron chi connectivity index (χ2n) is 16.6. The summed E-state index contributed by atoms with van der Waals surface area (Å²) in [6, 6.07) is 76.9. The molecule has 6 heteroatoms. The Balaban J connectivity index is 0.00000484. The predicted octanol–water partition coefficient (Wildman–Crippen LogP) is 13.4. The third kappa shape index (κ3) is 7.52. The largest absolute Gasteiger partial charge is 0.510 e. The molecule has 8 aromatic carbocycles. The average Bonchev–Trinajstić information content (AvgIpc) is 3.88. The first-order valence-electron chi connectivity index (χ1n) is 21.3. The number of para-hydroxylation sites is 4. The molecule has 0 amide bonds. The van der Waals surface area contributed by atoms with E-state index in [1.54, 1.807) is 0 Å². The van der Waals surface area contributed by atoms with Crippen LogP contribution in [0.5, 0.6) is 11.5 Å². The van der Waals surface area contributed by atoms with E-state index in [4.69, 9.17) is 9.72 Å². The van der Waals surface area contributed by atoms with Crippen LogP contribution in [0.1, 0.15) is 25.0 Å². The molecular formula is C58H42N4OPt-2. The third-order valence-electron chi connectivity index (χ3n) is 12.0. The number of ether oxygens (including phenoxy) is 1. The van der Waals surface area contributed by atoms with Gasteiger partial charge in [-0.05, 0) is 74.5 Å². The van der Waals surface area contributed by atoms with Crippen LogP contribution in [0, 0.1) is 18.5 Å². The number of hydrogen-bond donors (Lipinski definition) is 0. The molecule has 3 heterocycles. The first-order valence-corrected chi connectivity index (χ1v) is 21.3. The van der Waals surface area contributed by atoms with Crippen LogP contribution in [0.15, 0.2) is 206 Å². The monoisotopic (exact) mass is 1010 g/mol. The fraction of sp³-hybridized carbons (Fsp3) is 0.0690. The molecule has 0 fully saturated rings. The van der Waals surface area contributed by atoms with Gasteiger partial charge in [0.25, 0.3) is 6.33 Å².